The van der Waals surface area contributed by atoms with Crippen molar-refractivity contribution < 1.29 is 58.4 Å². The third kappa shape index (κ3) is 7.11. The lowest BCUT2D eigenvalue weighted by Gasteiger charge is -2.48. The van der Waals surface area contributed by atoms with Gasteiger partial charge in [0.15, 0.2) is 18.5 Å². The van der Waals surface area contributed by atoms with E-state index >= 15 is 0 Å². The van der Waals surface area contributed by atoms with Crippen LogP contribution in [0, 0.1) is 23.7 Å². The van der Waals surface area contributed by atoms with E-state index < -0.39 is 102 Å². The lowest BCUT2D eigenvalue weighted by Crippen LogP contribution is -2.60. The van der Waals surface area contributed by atoms with Crippen molar-refractivity contribution in [2.24, 2.45) is 28.7 Å². The number of ether oxygens (including phenoxy) is 7. The van der Waals surface area contributed by atoms with Crippen LogP contribution in [0.2, 0.25) is 0 Å². The molecule has 4 heterocycles. The molecule has 288 valence electrons. The highest BCUT2D eigenvalue weighted by Crippen LogP contribution is 2.51. The molecule has 2 bridgehead atoms. The molecule has 0 aromatic carbocycles. The standard InChI is InChI=1S/C36H62N2O12/c1-16-14-35(9)29(49-33-25(39)23(38(10)11)13-17(2)45-33)18(3)26(47-24-15-34(8,44-12)28(41)22(7)46-24)19(4)32(42)48-30-20(5)36(30,43)27(40)21(6)37-31(16)50-35/h16-30,33,39-41,43H,13-15H2,1-12H3/t16-,17+,18-,19+,20?,21+,22-,23-,24-,25+,26-,27+,28-,29+,30+,33-,34+,35+,36-/m0/s1. The van der Waals surface area contributed by atoms with E-state index in [0.29, 0.717) is 18.7 Å². The zero-order chi connectivity index (χ0) is 37.2. The van der Waals surface area contributed by atoms with Gasteiger partial charge in [0.1, 0.15) is 41.7 Å². The number of fused-ring (bicyclic) bond motifs is 3. The van der Waals surface area contributed by atoms with Crippen LogP contribution >= 0.6 is 0 Å². The van der Waals surface area contributed by atoms with Crippen molar-refractivity contribution >= 4 is 11.9 Å². The maximum absolute atomic E-state index is 14.0. The number of aliphatic hydroxyl groups excluding tert-OH is 3. The molecule has 0 amide bonds. The van der Waals surface area contributed by atoms with E-state index in [2.05, 4.69) is 0 Å². The highest BCUT2D eigenvalue weighted by Gasteiger charge is 2.70. The molecule has 4 fully saturated rings. The highest BCUT2D eigenvalue weighted by molar-refractivity contribution is 5.81. The molecule has 1 aliphatic carbocycles. The molecular formula is C36H62N2O12. The lowest BCUT2D eigenvalue weighted by molar-refractivity contribution is -0.315. The van der Waals surface area contributed by atoms with Crippen molar-refractivity contribution in [3.05, 3.63) is 0 Å². The maximum atomic E-state index is 14.0. The van der Waals surface area contributed by atoms with Crippen molar-refractivity contribution in [1.82, 2.24) is 4.90 Å². The van der Waals surface area contributed by atoms with E-state index in [-0.39, 0.29) is 24.5 Å². The van der Waals surface area contributed by atoms with Gasteiger partial charge in [-0.25, -0.2) is 4.99 Å². The second kappa shape index (κ2) is 14.4. The number of carbonyl (C=O) groups excluding carboxylic acids is 1. The molecular weight excluding hydrogens is 652 g/mol. The molecule has 0 aromatic heterocycles. The maximum Gasteiger partial charge on any atom is 0.311 e. The van der Waals surface area contributed by atoms with Crippen molar-refractivity contribution in [3.8, 4) is 0 Å². The molecule has 3 saturated heterocycles. The summed E-state index contributed by atoms with van der Waals surface area (Å²) < 4.78 is 44.4. The fraction of sp³-hybridized carbons (Fsp3) is 0.944. The zero-order valence-electron chi connectivity index (χ0n) is 31.8. The van der Waals surface area contributed by atoms with Gasteiger partial charge in [0.05, 0.1) is 35.9 Å². The number of rotatable bonds is 6. The minimum absolute atomic E-state index is 0.170. The first kappa shape index (κ1) is 39.7. The highest BCUT2D eigenvalue weighted by atomic mass is 16.7. The number of hydrogen-bond donors (Lipinski definition) is 4. The fourth-order valence-electron chi connectivity index (χ4n) is 8.85. The number of aliphatic hydroxyl groups is 4. The van der Waals surface area contributed by atoms with E-state index in [9.17, 15) is 25.2 Å². The Kier molecular flexibility index (Phi) is 11.5. The number of aliphatic imine (C=N–C) groups is 1. The van der Waals surface area contributed by atoms with Crippen LogP contribution in [0.5, 0.6) is 0 Å². The van der Waals surface area contributed by atoms with Gasteiger partial charge in [-0.1, -0.05) is 20.8 Å². The van der Waals surface area contributed by atoms with E-state index in [1.807, 2.05) is 46.7 Å². The Balaban J connectivity index is 1.58. The number of carbonyl (C=O) groups is 1. The zero-order valence-corrected chi connectivity index (χ0v) is 31.8. The van der Waals surface area contributed by atoms with E-state index in [0.717, 1.165) is 0 Å². The quantitative estimate of drug-likeness (QED) is 0.292. The normalized spacial score (nSPS) is 53.1. The van der Waals surface area contributed by atoms with Gasteiger partial charge >= 0.3 is 5.97 Å². The number of esters is 1. The summed E-state index contributed by atoms with van der Waals surface area (Å²) in [6.45, 7) is 16.4. The van der Waals surface area contributed by atoms with Gasteiger partial charge in [0.25, 0.3) is 0 Å². The summed E-state index contributed by atoms with van der Waals surface area (Å²) in [6.07, 6.45) is -7.48. The van der Waals surface area contributed by atoms with Crippen molar-refractivity contribution in [3.63, 3.8) is 0 Å². The SMILES string of the molecule is CO[C@]1(C)C[C@H](O[C@H]2[C@H](C)[C@@H](O[C@@H]3O[C@H](C)C[C@H](N(C)C)[C@H]3O)[C@@]3(C)C[C@H](C)C(=N[C@H](C)[C@@H](O)[C@@]4(O)C(C)[C@H]4OC(=O)[C@@H]2C)O3)O[C@@H](C)[C@@H]1O. The number of nitrogens with zero attached hydrogens (tertiary/aromatic N) is 2. The molecule has 50 heavy (non-hydrogen) atoms. The molecule has 19 atom stereocenters. The smallest absolute Gasteiger partial charge is 0.311 e. The van der Waals surface area contributed by atoms with E-state index in [1.54, 1.807) is 34.6 Å². The minimum atomic E-state index is -1.69. The monoisotopic (exact) mass is 714 g/mol. The first-order chi connectivity index (χ1) is 23.2. The van der Waals surface area contributed by atoms with Gasteiger partial charge in [-0.05, 0) is 62.1 Å². The Morgan fingerprint density at radius 1 is 0.940 bits per heavy atom. The van der Waals surface area contributed by atoms with Crippen LogP contribution in [0.15, 0.2) is 4.99 Å². The second-order valence-electron chi connectivity index (χ2n) is 16.5. The molecule has 5 aliphatic rings. The number of likely N-dealkylation sites (N-methyl/N-ethyl adjacent to an activating group) is 1. The Morgan fingerprint density at radius 3 is 2.22 bits per heavy atom. The summed E-state index contributed by atoms with van der Waals surface area (Å²) in [5.74, 6) is -2.48. The fourth-order valence-corrected chi connectivity index (χ4v) is 8.85. The van der Waals surface area contributed by atoms with Crippen LogP contribution in [0.4, 0.5) is 0 Å². The van der Waals surface area contributed by atoms with Crippen LogP contribution in [-0.4, -0.2) is 149 Å². The third-order valence-electron chi connectivity index (χ3n) is 12.3. The summed E-state index contributed by atoms with van der Waals surface area (Å²) in [7, 11) is 5.34. The first-order valence-electron chi connectivity index (χ1n) is 18.3. The molecule has 0 spiro atoms. The van der Waals surface area contributed by atoms with Crippen LogP contribution in [0.25, 0.3) is 0 Å². The lowest BCUT2D eigenvalue weighted by atomic mass is 9.79. The van der Waals surface area contributed by atoms with Gasteiger partial charge in [0, 0.05) is 43.7 Å². The van der Waals surface area contributed by atoms with Crippen molar-refractivity contribution in [2.75, 3.05) is 21.2 Å². The Bertz CT molecular complexity index is 1260. The van der Waals surface area contributed by atoms with Crippen LogP contribution in [0.1, 0.15) is 81.6 Å². The topological polar surface area (TPSA) is 178 Å². The van der Waals surface area contributed by atoms with Crippen LogP contribution in [0.3, 0.4) is 0 Å². The Labute approximate surface area is 296 Å². The molecule has 4 N–H and O–H groups in total. The Hall–Kier alpha value is -1.46. The molecule has 1 saturated carbocycles. The second-order valence-corrected chi connectivity index (χ2v) is 16.5. The van der Waals surface area contributed by atoms with Gasteiger partial charge in [0.2, 0.25) is 0 Å². The largest absolute Gasteiger partial charge is 0.472 e. The number of methoxy groups -OCH3 is 1. The van der Waals surface area contributed by atoms with Gasteiger partial charge < -0.3 is 58.5 Å². The van der Waals surface area contributed by atoms with Crippen molar-refractivity contribution in [1.29, 1.82) is 0 Å². The average Bonchev–Trinajstić information content (AvgIpc) is 3.42. The summed E-state index contributed by atoms with van der Waals surface area (Å²) in [4.78, 5) is 20.7. The predicted octanol–water partition coefficient (Wildman–Crippen LogP) is 1.63. The van der Waals surface area contributed by atoms with Crippen LogP contribution in [-0.2, 0) is 38.0 Å². The number of hydrogen-bond acceptors (Lipinski definition) is 14. The predicted molar refractivity (Wildman–Crippen MR) is 181 cm³/mol. The van der Waals surface area contributed by atoms with E-state index in [1.165, 1.54) is 7.11 Å². The summed E-state index contributed by atoms with van der Waals surface area (Å²) in [5, 5.41) is 45.3. The molecule has 0 aromatic rings. The molecule has 1 unspecified atom stereocenters. The molecule has 14 heteroatoms. The minimum Gasteiger partial charge on any atom is -0.472 e. The van der Waals surface area contributed by atoms with Gasteiger partial charge in [-0.2, -0.15) is 0 Å². The molecule has 14 nitrogen and oxygen atoms in total. The molecule has 5 rings (SSSR count). The average molecular weight is 715 g/mol. The van der Waals surface area contributed by atoms with Crippen molar-refractivity contribution in [2.45, 2.75) is 172 Å². The summed E-state index contributed by atoms with van der Waals surface area (Å²) in [5.41, 5.74) is -3.73. The summed E-state index contributed by atoms with van der Waals surface area (Å²) in [6, 6.07) is -0.996. The van der Waals surface area contributed by atoms with Crippen LogP contribution < -0.4 is 0 Å². The molecule has 0 radical (unpaired) electrons. The Morgan fingerprint density at radius 2 is 1.60 bits per heavy atom. The van der Waals surface area contributed by atoms with Gasteiger partial charge in [-0.3, -0.25) is 4.79 Å². The van der Waals surface area contributed by atoms with Gasteiger partial charge in [-0.15, -0.1) is 0 Å². The van der Waals surface area contributed by atoms with E-state index in [4.69, 9.17) is 38.2 Å². The molecule has 4 aliphatic heterocycles. The first-order valence-corrected chi connectivity index (χ1v) is 18.3. The third-order valence-corrected chi connectivity index (χ3v) is 12.3. The summed E-state index contributed by atoms with van der Waals surface area (Å²) >= 11 is 0.